The number of hydrogen-bond donors (Lipinski definition) is 6. The van der Waals surface area contributed by atoms with Crippen LogP contribution in [0.25, 0.3) is 0 Å². The number of phosphoric acid groups is 1. The number of phosphoric ester groups is 1. The van der Waals surface area contributed by atoms with Gasteiger partial charge in [0.1, 0.15) is 43.2 Å². The number of rotatable bonds is 44. The highest BCUT2D eigenvalue weighted by atomic mass is 31.2. The normalized spacial score (nSPS) is 21.6. The molecule has 1 fully saturated rings. The molecule has 6 unspecified atom stereocenters. The summed E-state index contributed by atoms with van der Waals surface area (Å²) >= 11 is 0. The summed E-state index contributed by atoms with van der Waals surface area (Å²) in [6.45, 7) is 3.34. The van der Waals surface area contributed by atoms with Crippen molar-refractivity contribution in [3.8, 4) is 0 Å². The van der Waals surface area contributed by atoms with Crippen molar-refractivity contribution >= 4 is 19.8 Å². The molecule has 1 saturated carbocycles. The third-order valence-electron chi connectivity index (χ3n) is 12.4. The second-order valence-corrected chi connectivity index (χ2v) is 19.8. The van der Waals surface area contributed by atoms with Crippen molar-refractivity contribution in [2.24, 2.45) is 0 Å². The van der Waals surface area contributed by atoms with E-state index in [9.17, 15) is 44.6 Å². The third-order valence-corrected chi connectivity index (χ3v) is 13.3. The van der Waals surface area contributed by atoms with Crippen LogP contribution in [0.3, 0.4) is 0 Å². The standard InChI is InChI=1S/C50H95O13P/c1-3-5-7-9-11-13-15-17-19-21-22-23-25-26-28-30-32-34-36-38-43(51)60-40-42(41-61-64(58,59)63-50-48(56)46(54)45(53)47(55)49(50)57)62-44(52)39-37-35-33-31-29-27-24-20-18-16-14-12-10-8-6-4-2/h21-22,42,45-50,53-57H,3-20,23-41H2,1-2H3,(H,58,59)/b22-21-/t42-,45?,46-,47?,48?,49?,50?/m1/s1. The lowest BCUT2D eigenvalue weighted by Crippen LogP contribution is -2.64. The molecule has 64 heavy (non-hydrogen) atoms. The summed E-state index contributed by atoms with van der Waals surface area (Å²) in [7, 11) is -5.12. The Kier molecular flexibility index (Phi) is 38.5. The fourth-order valence-corrected chi connectivity index (χ4v) is 9.14. The van der Waals surface area contributed by atoms with Gasteiger partial charge >= 0.3 is 19.8 Å². The molecule has 0 heterocycles. The first-order valence-electron chi connectivity index (χ1n) is 26.0. The van der Waals surface area contributed by atoms with Crippen LogP contribution in [0.2, 0.25) is 0 Å². The fraction of sp³-hybridized carbons (Fsp3) is 0.920. The zero-order valence-electron chi connectivity index (χ0n) is 40.3. The van der Waals surface area contributed by atoms with Crippen LogP contribution in [0.5, 0.6) is 0 Å². The van der Waals surface area contributed by atoms with Gasteiger partial charge in [-0.05, 0) is 38.5 Å². The highest BCUT2D eigenvalue weighted by Crippen LogP contribution is 2.47. The van der Waals surface area contributed by atoms with E-state index in [-0.39, 0.29) is 12.8 Å². The lowest BCUT2D eigenvalue weighted by molar-refractivity contribution is -0.220. The molecule has 0 aromatic rings. The number of carbonyl (C=O) groups is 2. The molecule has 0 saturated heterocycles. The molecular weight excluding hydrogens is 840 g/mol. The van der Waals surface area contributed by atoms with E-state index in [0.29, 0.717) is 12.8 Å². The maximum atomic E-state index is 12.8. The molecule has 6 N–H and O–H groups in total. The van der Waals surface area contributed by atoms with Gasteiger partial charge in [-0.2, -0.15) is 0 Å². The minimum absolute atomic E-state index is 0.102. The summed E-state index contributed by atoms with van der Waals surface area (Å²) < 4.78 is 33.6. The first-order valence-corrected chi connectivity index (χ1v) is 27.5. The SMILES string of the molecule is CCCCCCCCCC/C=C\CCCCCCCCCC(=O)OC[C@H](COP(=O)(O)OC1C(O)C(O)C(O)[C@@H](O)C1O)OC(=O)CCCCCCCCCCCCCCCCCC. The van der Waals surface area contributed by atoms with Crippen LogP contribution in [-0.4, -0.2) is 98.3 Å². The minimum Gasteiger partial charge on any atom is -0.462 e. The van der Waals surface area contributed by atoms with Crippen LogP contribution in [-0.2, 0) is 32.7 Å². The average Bonchev–Trinajstić information content (AvgIpc) is 3.28. The van der Waals surface area contributed by atoms with Crippen LogP contribution in [0.15, 0.2) is 12.2 Å². The molecule has 1 aliphatic rings. The van der Waals surface area contributed by atoms with Gasteiger partial charge in [0.15, 0.2) is 6.10 Å². The van der Waals surface area contributed by atoms with Crippen molar-refractivity contribution < 1.29 is 63.1 Å². The van der Waals surface area contributed by atoms with Gasteiger partial charge in [-0.25, -0.2) is 4.57 Å². The van der Waals surface area contributed by atoms with E-state index in [0.717, 1.165) is 51.4 Å². The van der Waals surface area contributed by atoms with E-state index in [1.807, 2.05) is 0 Å². The van der Waals surface area contributed by atoms with Crippen LogP contribution >= 0.6 is 7.82 Å². The van der Waals surface area contributed by atoms with Crippen LogP contribution in [0, 0.1) is 0 Å². The average molecular weight is 935 g/mol. The minimum atomic E-state index is -5.12. The first-order chi connectivity index (χ1) is 30.9. The molecule has 378 valence electrons. The second kappa shape index (κ2) is 40.6. The zero-order valence-corrected chi connectivity index (χ0v) is 41.2. The van der Waals surface area contributed by atoms with E-state index >= 15 is 0 Å². The number of aliphatic hydroxyl groups excluding tert-OH is 5. The summed E-state index contributed by atoms with van der Waals surface area (Å²) in [6.07, 6.45) is 31.1. The first kappa shape index (κ1) is 60.6. The quantitative estimate of drug-likeness (QED) is 0.0146. The molecule has 1 rings (SSSR count). The molecule has 0 bridgehead atoms. The predicted octanol–water partition coefficient (Wildman–Crippen LogP) is 11.0. The summed E-state index contributed by atoms with van der Waals surface area (Å²) in [5.41, 5.74) is 0. The van der Waals surface area contributed by atoms with Gasteiger partial charge in [0.2, 0.25) is 0 Å². The Labute approximate surface area is 388 Å². The number of aliphatic hydroxyl groups is 5. The number of hydrogen-bond acceptors (Lipinski definition) is 12. The van der Waals surface area contributed by atoms with E-state index < -0.39 is 75.7 Å². The van der Waals surface area contributed by atoms with Gasteiger partial charge < -0.3 is 39.9 Å². The van der Waals surface area contributed by atoms with Crippen molar-refractivity contribution in [3.05, 3.63) is 12.2 Å². The van der Waals surface area contributed by atoms with Gasteiger partial charge in [0.25, 0.3) is 0 Å². The molecule has 0 aliphatic heterocycles. The Morgan fingerprint density at radius 1 is 0.469 bits per heavy atom. The number of carbonyl (C=O) groups excluding carboxylic acids is 2. The maximum Gasteiger partial charge on any atom is 0.472 e. The summed E-state index contributed by atoms with van der Waals surface area (Å²) in [4.78, 5) is 35.8. The Morgan fingerprint density at radius 3 is 1.19 bits per heavy atom. The van der Waals surface area contributed by atoms with E-state index in [1.165, 1.54) is 148 Å². The molecule has 8 atom stereocenters. The van der Waals surface area contributed by atoms with Gasteiger partial charge in [0, 0.05) is 12.8 Å². The Balaban J connectivity index is 2.38. The highest BCUT2D eigenvalue weighted by Gasteiger charge is 2.51. The largest absolute Gasteiger partial charge is 0.472 e. The Bertz CT molecular complexity index is 1170. The van der Waals surface area contributed by atoms with E-state index in [2.05, 4.69) is 26.0 Å². The lowest BCUT2D eigenvalue weighted by atomic mass is 9.85. The molecule has 0 spiro atoms. The third kappa shape index (κ3) is 32.3. The zero-order chi connectivity index (χ0) is 47.1. The number of esters is 2. The molecule has 0 aromatic heterocycles. The van der Waals surface area contributed by atoms with Gasteiger partial charge in [0.05, 0.1) is 6.61 Å². The van der Waals surface area contributed by atoms with Crippen molar-refractivity contribution in [2.45, 2.75) is 281 Å². The van der Waals surface area contributed by atoms with Crippen molar-refractivity contribution in [1.82, 2.24) is 0 Å². The molecule has 1 aliphatic carbocycles. The van der Waals surface area contributed by atoms with Crippen molar-refractivity contribution in [1.29, 1.82) is 0 Å². The van der Waals surface area contributed by atoms with Gasteiger partial charge in [-0.15, -0.1) is 0 Å². The molecule has 13 nitrogen and oxygen atoms in total. The smallest absolute Gasteiger partial charge is 0.462 e. The van der Waals surface area contributed by atoms with E-state index in [1.54, 1.807) is 0 Å². The lowest BCUT2D eigenvalue weighted by Gasteiger charge is -2.41. The van der Waals surface area contributed by atoms with Crippen LogP contribution < -0.4 is 0 Å². The van der Waals surface area contributed by atoms with Crippen LogP contribution in [0.1, 0.15) is 239 Å². The number of allylic oxidation sites excluding steroid dienone is 2. The maximum absolute atomic E-state index is 12.8. The van der Waals surface area contributed by atoms with E-state index in [4.69, 9.17) is 18.5 Å². The van der Waals surface area contributed by atoms with Gasteiger partial charge in [-0.3, -0.25) is 18.6 Å². The molecule has 14 heteroatoms. The Morgan fingerprint density at radius 2 is 0.797 bits per heavy atom. The van der Waals surface area contributed by atoms with Gasteiger partial charge in [-0.1, -0.05) is 199 Å². The Hall–Kier alpha value is -1.41. The monoisotopic (exact) mass is 935 g/mol. The topological polar surface area (TPSA) is 210 Å². The summed E-state index contributed by atoms with van der Waals surface area (Å²) in [6, 6.07) is 0. The second-order valence-electron chi connectivity index (χ2n) is 18.4. The molecule has 0 amide bonds. The fourth-order valence-electron chi connectivity index (χ4n) is 8.17. The van der Waals surface area contributed by atoms with Crippen molar-refractivity contribution in [3.63, 3.8) is 0 Å². The van der Waals surface area contributed by atoms with Crippen molar-refractivity contribution in [2.75, 3.05) is 13.2 Å². The molecule has 0 aromatic carbocycles. The van der Waals surface area contributed by atoms with Crippen LogP contribution in [0.4, 0.5) is 0 Å². The highest BCUT2D eigenvalue weighted by molar-refractivity contribution is 7.47. The molecular formula is C50H95O13P. The summed E-state index contributed by atoms with van der Waals surface area (Å²) in [5.74, 6) is -1.09. The molecule has 0 radical (unpaired) electrons. The predicted molar refractivity (Wildman–Crippen MR) is 254 cm³/mol. The number of unbranched alkanes of at least 4 members (excludes halogenated alkanes) is 30. The number of ether oxygens (including phenoxy) is 2. The summed E-state index contributed by atoms with van der Waals surface area (Å²) in [5, 5.41) is 50.2.